The van der Waals surface area contributed by atoms with Crippen LogP contribution in [0.5, 0.6) is 0 Å². The van der Waals surface area contributed by atoms with Crippen LogP contribution in [-0.2, 0) is 6.54 Å². The van der Waals surface area contributed by atoms with Gasteiger partial charge in [-0.05, 0) is 66.6 Å². The van der Waals surface area contributed by atoms with Crippen molar-refractivity contribution < 1.29 is 9.90 Å². The summed E-state index contributed by atoms with van der Waals surface area (Å²) in [5, 5.41) is 18.1. The van der Waals surface area contributed by atoms with E-state index in [0.717, 1.165) is 33.3 Å². The molecule has 0 spiro atoms. The first kappa shape index (κ1) is 22.0. The molecule has 2 N–H and O–H groups in total. The molecule has 2 aromatic heterocycles. The van der Waals surface area contributed by atoms with Crippen LogP contribution in [-0.4, -0.2) is 25.8 Å². The summed E-state index contributed by atoms with van der Waals surface area (Å²) in [7, 11) is 0. The summed E-state index contributed by atoms with van der Waals surface area (Å²) in [6, 6.07) is 25.8. The number of nitrogens with one attached hydrogen (secondary N) is 1. The average Bonchev–Trinajstić information content (AvgIpc) is 2.90. The number of carboxylic acids is 1. The van der Waals surface area contributed by atoms with Crippen molar-refractivity contribution in [1.82, 2.24) is 14.8 Å². The van der Waals surface area contributed by atoms with Gasteiger partial charge < -0.3 is 10.4 Å². The van der Waals surface area contributed by atoms with Crippen LogP contribution in [0.2, 0.25) is 0 Å². The van der Waals surface area contributed by atoms with Gasteiger partial charge in [-0.25, -0.2) is 9.48 Å². The third kappa shape index (κ3) is 4.39. The number of anilines is 2. The average molecular weight is 463 g/mol. The van der Waals surface area contributed by atoms with Gasteiger partial charge in [0, 0.05) is 29.4 Å². The molecule has 0 radical (unpaired) electrons. The number of benzene rings is 3. The van der Waals surface area contributed by atoms with Crippen LogP contribution in [0.1, 0.15) is 17.3 Å². The number of pyridine rings is 1. The van der Waals surface area contributed by atoms with Crippen LogP contribution in [0, 0.1) is 0 Å². The van der Waals surface area contributed by atoms with E-state index in [1.54, 1.807) is 30.5 Å². The molecule has 0 amide bonds. The molecule has 2 heterocycles. The van der Waals surface area contributed by atoms with Gasteiger partial charge in [-0.15, -0.1) is 0 Å². The lowest BCUT2D eigenvalue weighted by molar-refractivity contribution is 0.0697. The largest absolute Gasteiger partial charge is 0.478 e. The number of aryl methyl sites for hydroxylation is 1. The van der Waals surface area contributed by atoms with Crippen molar-refractivity contribution in [3.8, 4) is 22.4 Å². The minimum absolute atomic E-state index is 0.220. The van der Waals surface area contributed by atoms with E-state index in [-0.39, 0.29) is 11.1 Å². The lowest BCUT2D eigenvalue weighted by atomic mass is 10.00. The Balaban J connectivity index is 1.58. The van der Waals surface area contributed by atoms with Crippen molar-refractivity contribution in [2.24, 2.45) is 0 Å². The van der Waals surface area contributed by atoms with Crippen LogP contribution < -0.4 is 10.9 Å². The zero-order valence-electron chi connectivity index (χ0n) is 19.0. The third-order valence-electron chi connectivity index (χ3n) is 5.79. The maximum absolute atomic E-state index is 13.1. The minimum Gasteiger partial charge on any atom is -0.478 e. The minimum atomic E-state index is -0.973. The van der Waals surface area contributed by atoms with Gasteiger partial charge in [-0.1, -0.05) is 36.4 Å². The SMILES string of the molecule is CCn1nc(-c2cccc(-c3cccc(C(=O)O)c3)c2)cc(Nc2cccc3ncccc23)c1=O. The highest BCUT2D eigenvalue weighted by Gasteiger charge is 2.12. The zero-order valence-corrected chi connectivity index (χ0v) is 19.0. The fourth-order valence-corrected chi connectivity index (χ4v) is 4.03. The summed E-state index contributed by atoms with van der Waals surface area (Å²) in [6.07, 6.45) is 1.74. The lowest BCUT2D eigenvalue weighted by Crippen LogP contribution is -2.24. The molecule has 0 fully saturated rings. The molecule has 0 saturated heterocycles. The van der Waals surface area contributed by atoms with Crippen LogP contribution in [0.4, 0.5) is 11.4 Å². The maximum Gasteiger partial charge on any atom is 0.335 e. The molecule has 0 unspecified atom stereocenters. The Bertz CT molecular complexity index is 1620. The number of aromatic nitrogens is 3. The lowest BCUT2D eigenvalue weighted by Gasteiger charge is -2.13. The molecule has 5 aromatic rings. The van der Waals surface area contributed by atoms with Crippen molar-refractivity contribution in [1.29, 1.82) is 0 Å². The van der Waals surface area contributed by atoms with Gasteiger partial charge in [-0.2, -0.15) is 5.10 Å². The number of rotatable bonds is 6. The van der Waals surface area contributed by atoms with Gasteiger partial charge in [-0.3, -0.25) is 9.78 Å². The van der Waals surface area contributed by atoms with Gasteiger partial charge in [0.1, 0.15) is 5.69 Å². The van der Waals surface area contributed by atoms with E-state index in [1.165, 1.54) is 4.68 Å². The van der Waals surface area contributed by atoms with E-state index in [1.807, 2.05) is 67.6 Å². The van der Waals surface area contributed by atoms with E-state index in [4.69, 9.17) is 0 Å². The first-order chi connectivity index (χ1) is 17.0. The number of carboxylic acid groups (broad SMARTS) is 1. The Labute approximate surface area is 201 Å². The normalized spacial score (nSPS) is 10.9. The third-order valence-corrected chi connectivity index (χ3v) is 5.79. The van der Waals surface area contributed by atoms with Gasteiger partial charge in [0.15, 0.2) is 0 Å². The summed E-state index contributed by atoms with van der Waals surface area (Å²) >= 11 is 0. The predicted octanol–water partition coefficient (Wildman–Crippen LogP) is 5.59. The Hall–Kier alpha value is -4.78. The zero-order chi connectivity index (χ0) is 24.4. The number of nitrogens with zero attached hydrogens (tertiary/aromatic N) is 3. The molecular formula is C28H22N4O3. The van der Waals surface area contributed by atoms with Gasteiger partial charge in [0.2, 0.25) is 0 Å². The van der Waals surface area contributed by atoms with Crippen molar-refractivity contribution >= 4 is 28.2 Å². The number of hydrogen-bond acceptors (Lipinski definition) is 5. The van der Waals surface area contributed by atoms with Crippen molar-refractivity contribution in [3.63, 3.8) is 0 Å². The van der Waals surface area contributed by atoms with Gasteiger partial charge >= 0.3 is 5.97 Å². The molecule has 0 saturated carbocycles. The Kier molecular flexibility index (Phi) is 5.81. The molecule has 3 aromatic carbocycles. The second kappa shape index (κ2) is 9.23. The Morgan fingerprint density at radius 1 is 0.886 bits per heavy atom. The fourth-order valence-electron chi connectivity index (χ4n) is 4.03. The molecule has 7 heteroatoms. The molecule has 0 aliphatic heterocycles. The van der Waals surface area contributed by atoms with Crippen LogP contribution in [0.25, 0.3) is 33.3 Å². The first-order valence-electron chi connectivity index (χ1n) is 11.2. The van der Waals surface area contributed by atoms with Gasteiger partial charge in [0.25, 0.3) is 5.56 Å². The van der Waals surface area contributed by atoms with Crippen LogP contribution >= 0.6 is 0 Å². The maximum atomic E-state index is 13.1. The molecule has 172 valence electrons. The van der Waals surface area contributed by atoms with Gasteiger partial charge in [0.05, 0.1) is 16.8 Å². The highest BCUT2D eigenvalue weighted by atomic mass is 16.4. The summed E-state index contributed by atoms with van der Waals surface area (Å²) in [5.41, 5.74) is 5.12. The highest BCUT2D eigenvalue weighted by molar-refractivity contribution is 5.93. The summed E-state index contributed by atoms with van der Waals surface area (Å²) < 4.78 is 1.43. The number of hydrogen-bond donors (Lipinski definition) is 2. The van der Waals surface area contributed by atoms with Crippen LogP contribution in [0.15, 0.2) is 95.9 Å². The molecule has 0 aliphatic rings. The standard InChI is InChI=1S/C28H22N4O3/c1-2-32-27(33)26(30-24-13-5-12-23-22(24)11-6-14-29-23)17-25(31-32)20-9-3-7-18(15-20)19-8-4-10-21(16-19)28(34)35/h3-17,30H,2H2,1H3,(H,34,35). The van der Waals surface area contributed by atoms with Crippen molar-refractivity contribution in [2.75, 3.05) is 5.32 Å². The summed E-state index contributed by atoms with van der Waals surface area (Å²) in [6.45, 7) is 2.29. The van der Waals surface area contributed by atoms with E-state index in [9.17, 15) is 14.7 Å². The fraction of sp³-hybridized carbons (Fsp3) is 0.0714. The van der Waals surface area contributed by atoms with E-state index in [0.29, 0.717) is 17.9 Å². The van der Waals surface area contributed by atoms with Crippen molar-refractivity contribution in [3.05, 3.63) is 107 Å². The molecule has 0 aliphatic carbocycles. The number of aromatic carboxylic acids is 1. The molecule has 0 atom stereocenters. The Morgan fingerprint density at radius 3 is 2.43 bits per heavy atom. The first-order valence-corrected chi connectivity index (χ1v) is 11.2. The second-order valence-electron chi connectivity index (χ2n) is 8.03. The van der Waals surface area contributed by atoms with Crippen LogP contribution in [0.3, 0.4) is 0 Å². The second-order valence-corrected chi connectivity index (χ2v) is 8.03. The molecule has 35 heavy (non-hydrogen) atoms. The Morgan fingerprint density at radius 2 is 1.63 bits per heavy atom. The smallest absolute Gasteiger partial charge is 0.335 e. The van der Waals surface area contributed by atoms with E-state index >= 15 is 0 Å². The van der Waals surface area contributed by atoms with E-state index in [2.05, 4.69) is 15.4 Å². The molecular weight excluding hydrogens is 440 g/mol. The van der Waals surface area contributed by atoms with E-state index < -0.39 is 5.97 Å². The van der Waals surface area contributed by atoms with Crippen molar-refractivity contribution in [2.45, 2.75) is 13.5 Å². The molecule has 7 nitrogen and oxygen atoms in total. The predicted molar refractivity (Wildman–Crippen MR) is 137 cm³/mol. The quantitative estimate of drug-likeness (QED) is 0.342. The number of carbonyl (C=O) groups is 1. The highest BCUT2D eigenvalue weighted by Crippen LogP contribution is 2.28. The summed E-state index contributed by atoms with van der Waals surface area (Å²) in [4.78, 5) is 28.9. The monoisotopic (exact) mass is 462 g/mol. The summed E-state index contributed by atoms with van der Waals surface area (Å²) in [5.74, 6) is -0.973. The molecule has 0 bridgehead atoms. The molecule has 5 rings (SSSR count). The number of fused-ring (bicyclic) bond motifs is 1. The topological polar surface area (TPSA) is 97.1 Å².